The van der Waals surface area contributed by atoms with Crippen LogP contribution in [0.2, 0.25) is 5.02 Å². The first-order chi connectivity index (χ1) is 18.4. The Balaban J connectivity index is 1.13. The molecule has 0 aliphatic heterocycles. The third kappa shape index (κ3) is 6.88. The van der Waals surface area contributed by atoms with E-state index < -0.39 is 0 Å². The van der Waals surface area contributed by atoms with E-state index in [4.69, 9.17) is 11.6 Å². The number of halogens is 2. The average molecular weight is 602 g/mol. The Morgan fingerprint density at radius 3 is 2.55 bits per heavy atom. The summed E-state index contributed by atoms with van der Waals surface area (Å²) in [5, 5.41) is 14.5. The van der Waals surface area contributed by atoms with Crippen molar-refractivity contribution in [1.82, 2.24) is 15.2 Å². The molecule has 7 nitrogen and oxygen atoms in total. The molecule has 0 aliphatic rings. The molecule has 0 bridgehead atoms. The lowest BCUT2D eigenvalue weighted by molar-refractivity contribution is -0.113. The number of carbonyl (C=O) groups excluding carboxylic acids is 2. The highest BCUT2D eigenvalue weighted by atomic mass is 35.5. The SMILES string of the molecule is O=C(CSc1nc2ccc(NC(=O)c3ccccc3Cl)cc2s1)Nc1nnc(SCc2ccc(F)cc2)s1. The molecule has 2 aromatic heterocycles. The maximum atomic E-state index is 13.0. The minimum atomic E-state index is -0.292. The van der Waals surface area contributed by atoms with E-state index in [0.29, 0.717) is 31.5 Å². The van der Waals surface area contributed by atoms with Crippen molar-refractivity contribution < 1.29 is 14.0 Å². The molecule has 3 aromatic carbocycles. The summed E-state index contributed by atoms with van der Waals surface area (Å²) >= 11 is 11.6. The van der Waals surface area contributed by atoms with Crippen LogP contribution in [-0.4, -0.2) is 32.7 Å². The van der Waals surface area contributed by atoms with E-state index in [0.717, 1.165) is 20.1 Å². The summed E-state index contributed by atoms with van der Waals surface area (Å²) in [5.74, 6) is 0.00811. The number of nitrogens with one attached hydrogen (secondary N) is 2. The Bertz CT molecular complexity index is 1610. The van der Waals surface area contributed by atoms with Gasteiger partial charge in [0.1, 0.15) is 5.82 Å². The molecule has 13 heteroatoms. The van der Waals surface area contributed by atoms with Gasteiger partial charge < -0.3 is 5.32 Å². The molecule has 0 atom stereocenters. The van der Waals surface area contributed by atoms with Gasteiger partial charge in [-0.1, -0.05) is 70.7 Å². The molecule has 0 aliphatic carbocycles. The molecule has 0 fully saturated rings. The highest BCUT2D eigenvalue weighted by Gasteiger charge is 2.13. The Labute approximate surface area is 238 Å². The summed E-state index contributed by atoms with van der Waals surface area (Å²) in [4.78, 5) is 29.5. The Morgan fingerprint density at radius 1 is 0.921 bits per heavy atom. The number of anilines is 2. The number of hydrogen-bond donors (Lipinski definition) is 2. The van der Waals surface area contributed by atoms with Crippen molar-refractivity contribution in [2.45, 2.75) is 14.4 Å². The highest BCUT2D eigenvalue weighted by Crippen LogP contribution is 2.32. The van der Waals surface area contributed by atoms with Gasteiger partial charge in [-0.05, 0) is 48.0 Å². The molecule has 0 unspecified atom stereocenters. The smallest absolute Gasteiger partial charge is 0.257 e. The summed E-state index contributed by atoms with van der Waals surface area (Å²) in [7, 11) is 0. The van der Waals surface area contributed by atoms with Crippen molar-refractivity contribution in [3.8, 4) is 0 Å². The number of fused-ring (bicyclic) bond motifs is 1. The van der Waals surface area contributed by atoms with Crippen LogP contribution < -0.4 is 10.6 Å². The van der Waals surface area contributed by atoms with Crippen LogP contribution in [0.25, 0.3) is 10.2 Å². The molecule has 0 saturated carbocycles. The molecular formula is C25H17ClFN5O2S4. The van der Waals surface area contributed by atoms with Crippen LogP contribution in [0.15, 0.2) is 75.4 Å². The average Bonchev–Trinajstić information content (AvgIpc) is 3.53. The van der Waals surface area contributed by atoms with E-state index in [2.05, 4.69) is 25.8 Å². The van der Waals surface area contributed by atoms with Crippen LogP contribution in [0.4, 0.5) is 15.2 Å². The van der Waals surface area contributed by atoms with Gasteiger partial charge in [0.15, 0.2) is 8.68 Å². The summed E-state index contributed by atoms with van der Waals surface area (Å²) in [6, 6.07) is 18.6. The van der Waals surface area contributed by atoms with Gasteiger partial charge in [-0.2, -0.15) is 0 Å². The lowest BCUT2D eigenvalue weighted by Crippen LogP contribution is -2.13. The molecule has 2 N–H and O–H groups in total. The van der Waals surface area contributed by atoms with Gasteiger partial charge in [-0.25, -0.2) is 9.37 Å². The Kier molecular flexibility index (Phi) is 8.55. The van der Waals surface area contributed by atoms with E-state index in [1.54, 1.807) is 42.5 Å². The normalized spacial score (nSPS) is 11.0. The number of hydrogen-bond acceptors (Lipinski definition) is 9. The Morgan fingerprint density at radius 2 is 1.74 bits per heavy atom. The zero-order valence-electron chi connectivity index (χ0n) is 19.3. The van der Waals surface area contributed by atoms with Crippen molar-refractivity contribution in [1.29, 1.82) is 0 Å². The summed E-state index contributed by atoms with van der Waals surface area (Å²) in [6.07, 6.45) is 0. The van der Waals surface area contributed by atoms with E-state index in [1.165, 1.54) is 58.3 Å². The predicted molar refractivity (Wildman–Crippen MR) is 154 cm³/mol. The third-order valence-electron chi connectivity index (χ3n) is 5.00. The van der Waals surface area contributed by atoms with Crippen LogP contribution in [0.1, 0.15) is 15.9 Å². The number of rotatable bonds is 9. The van der Waals surface area contributed by atoms with Crippen LogP contribution >= 0.6 is 57.8 Å². The minimum Gasteiger partial charge on any atom is -0.322 e. The molecule has 0 saturated heterocycles. The second-order valence-corrected chi connectivity index (χ2v) is 12.6. The van der Waals surface area contributed by atoms with E-state index in [-0.39, 0.29) is 23.4 Å². The van der Waals surface area contributed by atoms with Gasteiger partial charge in [-0.3, -0.25) is 14.9 Å². The molecule has 0 radical (unpaired) electrons. The van der Waals surface area contributed by atoms with E-state index in [9.17, 15) is 14.0 Å². The minimum absolute atomic E-state index is 0.160. The van der Waals surface area contributed by atoms with Gasteiger partial charge in [0.05, 0.1) is 26.6 Å². The molecule has 0 spiro atoms. The number of carbonyl (C=O) groups is 2. The van der Waals surface area contributed by atoms with Crippen LogP contribution in [0.3, 0.4) is 0 Å². The second kappa shape index (κ2) is 12.2. The molecule has 2 heterocycles. The zero-order valence-corrected chi connectivity index (χ0v) is 23.3. The first kappa shape index (κ1) is 26.6. The molecule has 5 rings (SSSR count). The highest BCUT2D eigenvalue weighted by molar-refractivity contribution is 8.01. The van der Waals surface area contributed by atoms with Gasteiger partial charge in [0.25, 0.3) is 5.91 Å². The topological polar surface area (TPSA) is 96.9 Å². The van der Waals surface area contributed by atoms with Crippen LogP contribution in [0, 0.1) is 5.82 Å². The quantitative estimate of drug-likeness (QED) is 0.136. The number of aromatic nitrogens is 3. The predicted octanol–water partition coefficient (Wildman–Crippen LogP) is 7.22. The van der Waals surface area contributed by atoms with Gasteiger partial charge in [-0.15, -0.1) is 21.5 Å². The van der Waals surface area contributed by atoms with Crippen molar-refractivity contribution in [2.24, 2.45) is 0 Å². The number of thioether (sulfide) groups is 2. The largest absolute Gasteiger partial charge is 0.322 e. The maximum absolute atomic E-state index is 13.0. The fourth-order valence-electron chi connectivity index (χ4n) is 3.21. The van der Waals surface area contributed by atoms with E-state index >= 15 is 0 Å². The monoisotopic (exact) mass is 601 g/mol. The lowest BCUT2D eigenvalue weighted by atomic mass is 10.2. The fourth-order valence-corrected chi connectivity index (χ4v) is 7.07. The number of nitrogens with zero attached hydrogens (tertiary/aromatic N) is 3. The first-order valence-electron chi connectivity index (χ1n) is 11.0. The van der Waals surface area contributed by atoms with Crippen molar-refractivity contribution in [3.63, 3.8) is 0 Å². The molecule has 5 aromatic rings. The zero-order chi connectivity index (χ0) is 26.5. The van der Waals surface area contributed by atoms with Crippen LogP contribution in [-0.2, 0) is 10.5 Å². The second-order valence-electron chi connectivity index (χ2n) is 7.72. The number of thiazole rings is 1. The summed E-state index contributed by atoms with van der Waals surface area (Å²) in [6.45, 7) is 0. The summed E-state index contributed by atoms with van der Waals surface area (Å²) in [5.41, 5.74) is 2.78. The fraction of sp³-hybridized carbons (Fsp3) is 0.0800. The maximum Gasteiger partial charge on any atom is 0.257 e. The lowest BCUT2D eigenvalue weighted by Gasteiger charge is -2.06. The van der Waals surface area contributed by atoms with Crippen molar-refractivity contribution in [3.05, 3.63) is 88.7 Å². The van der Waals surface area contributed by atoms with Crippen molar-refractivity contribution >= 4 is 90.6 Å². The Hall–Kier alpha value is -3.03. The standard InChI is InChI=1S/C25H17ClFN5O2S4/c26-18-4-2-1-3-17(18)22(34)28-16-9-10-19-20(11-16)37-24(29-19)36-13-21(33)30-23-31-32-25(38-23)35-12-14-5-7-15(27)8-6-14/h1-11H,12-13H2,(H,28,34)(H,30,31,33). The van der Waals surface area contributed by atoms with E-state index in [1.807, 2.05) is 12.1 Å². The molecule has 2 amide bonds. The van der Waals surface area contributed by atoms with Crippen molar-refractivity contribution in [2.75, 3.05) is 16.4 Å². The third-order valence-corrected chi connectivity index (χ3v) is 9.53. The molecular weight excluding hydrogens is 585 g/mol. The van der Waals surface area contributed by atoms with Gasteiger partial charge in [0.2, 0.25) is 11.0 Å². The molecule has 192 valence electrons. The first-order valence-corrected chi connectivity index (χ1v) is 15.0. The van der Waals surface area contributed by atoms with Crippen LogP contribution in [0.5, 0.6) is 0 Å². The number of amides is 2. The number of benzene rings is 3. The van der Waals surface area contributed by atoms with Gasteiger partial charge in [0, 0.05) is 11.4 Å². The van der Waals surface area contributed by atoms with Gasteiger partial charge >= 0.3 is 0 Å². The summed E-state index contributed by atoms with van der Waals surface area (Å²) < 4.78 is 15.4. The molecule has 38 heavy (non-hydrogen) atoms.